The van der Waals surface area contributed by atoms with Crippen LogP contribution in [0.2, 0.25) is 0 Å². The van der Waals surface area contributed by atoms with Gasteiger partial charge in [-0.15, -0.1) is 0 Å². The molecule has 3 nitrogen and oxygen atoms in total. The van der Waals surface area contributed by atoms with Crippen LogP contribution in [0.15, 0.2) is 18.2 Å². The van der Waals surface area contributed by atoms with Gasteiger partial charge in [-0.05, 0) is 39.0 Å². The average Bonchev–Trinajstić information content (AvgIpc) is 2.32. The van der Waals surface area contributed by atoms with Gasteiger partial charge in [0.15, 0.2) is 0 Å². The van der Waals surface area contributed by atoms with Crippen molar-refractivity contribution in [2.75, 3.05) is 18.4 Å². The lowest BCUT2D eigenvalue weighted by molar-refractivity contribution is -0.137. The van der Waals surface area contributed by atoms with Gasteiger partial charge in [-0.3, -0.25) is 0 Å². The van der Waals surface area contributed by atoms with Gasteiger partial charge in [0.2, 0.25) is 0 Å². The van der Waals surface area contributed by atoms with E-state index in [1.165, 1.54) is 6.07 Å². The molecule has 0 atom stereocenters. The number of nitrogens with zero attached hydrogens (tertiary/aromatic N) is 1. The summed E-state index contributed by atoms with van der Waals surface area (Å²) in [7, 11) is 0. The van der Waals surface area contributed by atoms with Crippen LogP contribution >= 0.6 is 0 Å². The minimum Gasteiger partial charge on any atom is -0.383 e. The second-order valence-corrected chi connectivity index (χ2v) is 5.47. The third-order valence-corrected chi connectivity index (χ3v) is 2.56. The fourth-order valence-corrected chi connectivity index (χ4v) is 1.60. The molecule has 0 bridgehead atoms. The van der Waals surface area contributed by atoms with Crippen molar-refractivity contribution in [3.63, 3.8) is 0 Å². The first-order chi connectivity index (χ1) is 9.13. The highest BCUT2D eigenvalue weighted by atomic mass is 19.4. The summed E-state index contributed by atoms with van der Waals surface area (Å²) in [6, 6.07) is 4.91. The maximum absolute atomic E-state index is 12.5. The normalized spacial score (nSPS) is 12.1. The molecule has 20 heavy (non-hydrogen) atoms. The summed E-state index contributed by atoms with van der Waals surface area (Å²) in [5.41, 5.74) is -0.431. The number of benzene rings is 1. The van der Waals surface area contributed by atoms with Crippen LogP contribution in [0.5, 0.6) is 0 Å². The first-order valence-electron chi connectivity index (χ1n) is 6.24. The Balaban J connectivity index is 2.70. The number of halogens is 3. The summed E-state index contributed by atoms with van der Waals surface area (Å²) in [5.74, 6) is 0. The molecule has 0 heterocycles. The molecule has 2 N–H and O–H groups in total. The molecule has 0 saturated carbocycles. The largest absolute Gasteiger partial charge is 0.416 e. The Kier molecular flexibility index (Phi) is 5.01. The fourth-order valence-electron chi connectivity index (χ4n) is 1.60. The van der Waals surface area contributed by atoms with E-state index in [1.807, 2.05) is 20.8 Å². The summed E-state index contributed by atoms with van der Waals surface area (Å²) in [4.78, 5) is 0. The van der Waals surface area contributed by atoms with Crippen LogP contribution in [0.25, 0.3) is 0 Å². The van der Waals surface area contributed by atoms with Gasteiger partial charge in [-0.1, -0.05) is 0 Å². The zero-order valence-corrected chi connectivity index (χ0v) is 11.7. The summed E-state index contributed by atoms with van der Waals surface area (Å²) in [6.45, 7) is 7.23. The van der Waals surface area contributed by atoms with Crippen LogP contribution in [-0.4, -0.2) is 18.6 Å². The average molecular weight is 285 g/mol. The molecule has 6 heteroatoms. The van der Waals surface area contributed by atoms with Crippen molar-refractivity contribution < 1.29 is 13.2 Å². The molecule has 0 aliphatic rings. The van der Waals surface area contributed by atoms with Gasteiger partial charge in [0.25, 0.3) is 0 Å². The Morgan fingerprint density at radius 1 is 1.15 bits per heavy atom. The molecule has 1 aromatic carbocycles. The molecule has 110 valence electrons. The molecule has 0 aromatic heterocycles. The van der Waals surface area contributed by atoms with E-state index in [1.54, 1.807) is 6.07 Å². The number of hydrogen-bond acceptors (Lipinski definition) is 3. The van der Waals surface area contributed by atoms with E-state index < -0.39 is 11.7 Å². The van der Waals surface area contributed by atoms with Crippen molar-refractivity contribution in [3.8, 4) is 6.07 Å². The van der Waals surface area contributed by atoms with Gasteiger partial charge in [0.05, 0.1) is 16.8 Å². The summed E-state index contributed by atoms with van der Waals surface area (Å²) in [5, 5.41) is 15.1. The number of nitrogens with one attached hydrogen (secondary N) is 2. The van der Waals surface area contributed by atoms with E-state index in [2.05, 4.69) is 10.6 Å². The fraction of sp³-hybridized carbons (Fsp3) is 0.500. The highest BCUT2D eigenvalue weighted by Gasteiger charge is 2.31. The zero-order valence-electron chi connectivity index (χ0n) is 11.7. The Hall–Kier alpha value is -1.74. The van der Waals surface area contributed by atoms with Crippen LogP contribution in [0, 0.1) is 11.3 Å². The van der Waals surface area contributed by atoms with Crippen LogP contribution in [0.4, 0.5) is 18.9 Å². The Morgan fingerprint density at radius 3 is 2.30 bits per heavy atom. The molecule has 0 aliphatic heterocycles. The zero-order chi connectivity index (χ0) is 15.4. The topological polar surface area (TPSA) is 47.8 Å². The Labute approximate surface area is 116 Å². The minimum absolute atomic E-state index is 0.00409. The van der Waals surface area contributed by atoms with Gasteiger partial charge in [0, 0.05) is 18.6 Å². The first kappa shape index (κ1) is 16.3. The van der Waals surface area contributed by atoms with Crippen LogP contribution in [-0.2, 0) is 6.18 Å². The quantitative estimate of drug-likeness (QED) is 0.834. The third-order valence-electron chi connectivity index (χ3n) is 2.56. The highest BCUT2D eigenvalue weighted by molar-refractivity contribution is 5.59. The SMILES string of the molecule is CC(C)(C)NCCNc1ccc(C(F)(F)F)cc1C#N. The van der Waals surface area contributed by atoms with Crippen LogP contribution < -0.4 is 10.6 Å². The number of anilines is 1. The van der Waals surface area contributed by atoms with Gasteiger partial charge in [-0.2, -0.15) is 18.4 Å². The molecular formula is C14H18F3N3. The van der Waals surface area contributed by atoms with Crippen molar-refractivity contribution in [2.45, 2.75) is 32.5 Å². The molecule has 1 aromatic rings. The highest BCUT2D eigenvalue weighted by Crippen LogP contribution is 2.31. The Morgan fingerprint density at radius 2 is 1.80 bits per heavy atom. The van der Waals surface area contributed by atoms with Crippen LogP contribution in [0.1, 0.15) is 31.9 Å². The molecule has 0 unspecified atom stereocenters. The van der Waals surface area contributed by atoms with Gasteiger partial charge in [-0.25, -0.2) is 0 Å². The number of hydrogen-bond donors (Lipinski definition) is 2. The number of alkyl halides is 3. The second-order valence-electron chi connectivity index (χ2n) is 5.47. The molecule has 0 aliphatic carbocycles. The summed E-state index contributed by atoms with van der Waals surface area (Å²) >= 11 is 0. The standard InChI is InChI=1S/C14H18F3N3/c1-13(2,3)20-7-6-19-12-5-4-11(14(15,16)17)8-10(12)9-18/h4-5,8,19-20H,6-7H2,1-3H3. The monoisotopic (exact) mass is 285 g/mol. The maximum Gasteiger partial charge on any atom is 0.416 e. The van der Waals surface area contributed by atoms with Crippen molar-refractivity contribution >= 4 is 5.69 Å². The molecule has 1 rings (SSSR count). The number of rotatable bonds is 4. The molecule has 0 radical (unpaired) electrons. The van der Waals surface area contributed by atoms with Crippen molar-refractivity contribution in [1.82, 2.24) is 5.32 Å². The molecular weight excluding hydrogens is 267 g/mol. The summed E-state index contributed by atoms with van der Waals surface area (Å²) in [6.07, 6.45) is -4.43. The van der Waals surface area contributed by atoms with Gasteiger partial charge in [0.1, 0.15) is 6.07 Å². The van der Waals surface area contributed by atoms with Crippen molar-refractivity contribution in [3.05, 3.63) is 29.3 Å². The van der Waals surface area contributed by atoms with E-state index in [0.29, 0.717) is 18.8 Å². The van der Waals surface area contributed by atoms with Crippen molar-refractivity contribution in [2.24, 2.45) is 0 Å². The molecule has 0 spiro atoms. The number of nitriles is 1. The van der Waals surface area contributed by atoms with Crippen LogP contribution in [0.3, 0.4) is 0 Å². The van der Waals surface area contributed by atoms with E-state index in [0.717, 1.165) is 12.1 Å². The minimum atomic E-state index is -4.43. The Bertz CT molecular complexity index is 496. The van der Waals surface area contributed by atoms with Crippen molar-refractivity contribution in [1.29, 1.82) is 5.26 Å². The van der Waals surface area contributed by atoms with E-state index in [9.17, 15) is 13.2 Å². The molecule has 0 fully saturated rings. The third kappa shape index (κ3) is 5.10. The lowest BCUT2D eigenvalue weighted by atomic mass is 10.1. The predicted octanol–water partition coefficient (Wildman–Crippen LogP) is 3.38. The maximum atomic E-state index is 12.5. The van der Waals surface area contributed by atoms with E-state index in [-0.39, 0.29) is 11.1 Å². The molecule has 0 saturated heterocycles. The summed E-state index contributed by atoms with van der Waals surface area (Å²) < 4.78 is 37.6. The van der Waals surface area contributed by atoms with E-state index in [4.69, 9.17) is 5.26 Å². The lowest BCUT2D eigenvalue weighted by Crippen LogP contribution is -2.38. The van der Waals surface area contributed by atoms with E-state index >= 15 is 0 Å². The smallest absolute Gasteiger partial charge is 0.383 e. The van der Waals surface area contributed by atoms with Gasteiger partial charge < -0.3 is 10.6 Å². The second kappa shape index (κ2) is 6.14. The first-order valence-corrected chi connectivity index (χ1v) is 6.24. The molecule has 0 amide bonds. The van der Waals surface area contributed by atoms with Gasteiger partial charge >= 0.3 is 6.18 Å². The lowest BCUT2D eigenvalue weighted by Gasteiger charge is -2.21. The predicted molar refractivity (Wildman–Crippen MR) is 72.4 cm³/mol.